The minimum Gasteiger partial charge on any atom is -0.366 e. The Balaban J connectivity index is 1.35. The van der Waals surface area contributed by atoms with Gasteiger partial charge in [-0.15, -0.1) is 0 Å². The standard InChI is InChI=1S/C23H21F3N6O/c24-23(25,26)15-4-1-3-14(9-15)18-6-7-19-20(30-18)32(17-5-2-8-31(19)12-17)22-21(33-22)29-16-10-27-13-28-11-16/h1,3-4,6-7,9-11,13,17,21-22,29H,2,5,8,12H2/t17-,21?,22?/m0/s1. The number of nitrogens with zero attached hydrogens (tertiary/aromatic N) is 5. The molecule has 33 heavy (non-hydrogen) atoms. The third-order valence-electron chi connectivity index (χ3n) is 6.33. The molecule has 0 radical (unpaired) electrons. The van der Waals surface area contributed by atoms with Gasteiger partial charge in [-0.1, -0.05) is 12.1 Å². The Morgan fingerprint density at radius 3 is 2.76 bits per heavy atom. The summed E-state index contributed by atoms with van der Waals surface area (Å²) < 4.78 is 45.7. The molecule has 170 valence electrons. The summed E-state index contributed by atoms with van der Waals surface area (Å²) in [5.74, 6) is 0.750. The van der Waals surface area contributed by atoms with Gasteiger partial charge < -0.3 is 19.9 Å². The highest BCUT2D eigenvalue weighted by molar-refractivity contribution is 5.76. The fourth-order valence-electron chi connectivity index (χ4n) is 4.75. The van der Waals surface area contributed by atoms with Crippen LogP contribution in [0.4, 0.5) is 30.4 Å². The number of aromatic nitrogens is 3. The van der Waals surface area contributed by atoms with Crippen LogP contribution in [0.25, 0.3) is 11.3 Å². The fourth-order valence-corrected chi connectivity index (χ4v) is 4.75. The number of nitrogens with one attached hydrogen (secondary N) is 1. The average Bonchev–Trinajstić information content (AvgIpc) is 3.57. The van der Waals surface area contributed by atoms with Crippen LogP contribution in [0.2, 0.25) is 0 Å². The first-order valence-corrected chi connectivity index (χ1v) is 10.9. The molecule has 1 aromatic carbocycles. The first-order valence-electron chi connectivity index (χ1n) is 10.9. The molecular weight excluding hydrogens is 433 g/mol. The molecule has 3 aromatic rings. The van der Waals surface area contributed by atoms with Crippen LogP contribution in [0, 0.1) is 0 Å². The summed E-state index contributed by atoms with van der Waals surface area (Å²) in [6.07, 6.45) is 2.04. The molecule has 5 heterocycles. The molecule has 7 nitrogen and oxygen atoms in total. The molecule has 0 spiro atoms. The third kappa shape index (κ3) is 3.74. The van der Waals surface area contributed by atoms with Gasteiger partial charge in [0.1, 0.15) is 6.33 Å². The Morgan fingerprint density at radius 1 is 1.09 bits per heavy atom. The Hall–Kier alpha value is -3.40. The van der Waals surface area contributed by atoms with Gasteiger partial charge in [-0.25, -0.2) is 15.0 Å². The van der Waals surface area contributed by atoms with Crippen LogP contribution in [0.5, 0.6) is 0 Å². The van der Waals surface area contributed by atoms with E-state index in [2.05, 4.69) is 25.1 Å². The molecule has 3 aliphatic rings. The zero-order valence-corrected chi connectivity index (χ0v) is 17.5. The molecule has 0 aliphatic carbocycles. The van der Waals surface area contributed by atoms with Gasteiger partial charge in [0, 0.05) is 18.7 Å². The predicted octanol–water partition coefficient (Wildman–Crippen LogP) is 4.14. The van der Waals surface area contributed by atoms with Gasteiger partial charge in [0.2, 0.25) is 0 Å². The number of ether oxygens (including phenoxy) is 1. The molecule has 2 saturated heterocycles. The van der Waals surface area contributed by atoms with Gasteiger partial charge in [0.05, 0.1) is 41.1 Å². The smallest absolute Gasteiger partial charge is 0.366 e. The van der Waals surface area contributed by atoms with E-state index in [4.69, 9.17) is 9.72 Å². The lowest BCUT2D eigenvalue weighted by Gasteiger charge is -2.46. The van der Waals surface area contributed by atoms with Gasteiger partial charge in [-0.2, -0.15) is 13.2 Å². The lowest BCUT2D eigenvalue weighted by Crippen LogP contribution is -2.54. The number of epoxide rings is 1. The van der Waals surface area contributed by atoms with Crippen LogP contribution in [-0.2, 0) is 10.9 Å². The number of alkyl halides is 3. The summed E-state index contributed by atoms with van der Waals surface area (Å²) in [6.45, 7) is 1.81. The van der Waals surface area contributed by atoms with Crippen molar-refractivity contribution < 1.29 is 17.9 Å². The number of rotatable bonds is 4. The molecule has 2 aromatic heterocycles. The maximum atomic E-state index is 13.2. The number of anilines is 3. The highest BCUT2D eigenvalue weighted by atomic mass is 19.4. The number of hydrogen-bond donors (Lipinski definition) is 1. The van der Waals surface area contributed by atoms with Crippen molar-refractivity contribution in [1.29, 1.82) is 0 Å². The molecule has 3 atom stereocenters. The Labute approximate surface area is 188 Å². The summed E-state index contributed by atoms with van der Waals surface area (Å²) in [7, 11) is 0. The van der Waals surface area contributed by atoms with Crippen LogP contribution in [0.3, 0.4) is 0 Å². The quantitative estimate of drug-likeness (QED) is 0.594. The molecule has 0 saturated carbocycles. The molecule has 10 heteroatoms. The maximum Gasteiger partial charge on any atom is 0.416 e. The Kier molecular flexibility index (Phi) is 4.65. The lowest BCUT2D eigenvalue weighted by atomic mass is 9.99. The van der Waals surface area contributed by atoms with E-state index >= 15 is 0 Å². The molecule has 1 N–H and O–H groups in total. The van der Waals surface area contributed by atoms with Crippen molar-refractivity contribution in [3.63, 3.8) is 0 Å². The number of benzene rings is 1. The number of pyridine rings is 1. The minimum atomic E-state index is -4.40. The molecule has 3 aliphatic heterocycles. The second-order valence-corrected chi connectivity index (χ2v) is 8.49. The van der Waals surface area contributed by atoms with Crippen LogP contribution in [0.15, 0.2) is 55.1 Å². The van der Waals surface area contributed by atoms with E-state index in [9.17, 15) is 13.2 Å². The topological polar surface area (TPSA) is 69.7 Å². The Bertz CT molecular complexity index is 1170. The van der Waals surface area contributed by atoms with Gasteiger partial charge in [0.25, 0.3) is 0 Å². The monoisotopic (exact) mass is 454 g/mol. The molecular formula is C23H21F3N6O. The van der Waals surface area contributed by atoms with Crippen LogP contribution in [0.1, 0.15) is 18.4 Å². The highest BCUT2D eigenvalue weighted by Gasteiger charge is 2.50. The van der Waals surface area contributed by atoms with Crippen LogP contribution >= 0.6 is 0 Å². The largest absolute Gasteiger partial charge is 0.416 e. The van der Waals surface area contributed by atoms with Crippen molar-refractivity contribution >= 4 is 17.2 Å². The van der Waals surface area contributed by atoms with E-state index in [1.54, 1.807) is 24.5 Å². The summed E-state index contributed by atoms with van der Waals surface area (Å²) in [5.41, 5.74) is 2.01. The van der Waals surface area contributed by atoms with E-state index in [0.717, 1.165) is 55.3 Å². The van der Waals surface area contributed by atoms with Gasteiger partial charge in [0.15, 0.2) is 18.3 Å². The molecule has 2 fully saturated rings. The third-order valence-corrected chi connectivity index (χ3v) is 6.33. The fraction of sp³-hybridized carbons (Fsp3) is 0.348. The second-order valence-electron chi connectivity index (χ2n) is 8.49. The van der Waals surface area contributed by atoms with Crippen molar-refractivity contribution in [3.05, 3.63) is 60.7 Å². The summed E-state index contributed by atoms with van der Waals surface area (Å²) in [4.78, 5) is 17.4. The SMILES string of the molecule is FC(F)(F)c1cccc(-c2ccc3c(n2)N(C2OC2Nc2cncnc2)[C@H]2CCCN3C2)c1. The zero-order valence-electron chi connectivity index (χ0n) is 17.5. The molecule has 2 bridgehead atoms. The second kappa shape index (κ2) is 7.58. The van der Waals surface area contributed by atoms with E-state index in [1.165, 1.54) is 12.4 Å². The molecule has 2 unspecified atom stereocenters. The highest BCUT2D eigenvalue weighted by Crippen LogP contribution is 2.44. The van der Waals surface area contributed by atoms with E-state index < -0.39 is 11.7 Å². The summed E-state index contributed by atoms with van der Waals surface area (Å²) in [5, 5.41) is 3.28. The molecule has 6 rings (SSSR count). The predicted molar refractivity (Wildman–Crippen MR) is 117 cm³/mol. The van der Waals surface area contributed by atoms with E-state index in [-0.39, 0.29) is 18.5 Å². The van der Waals surface area contributed by atoms with E-state index in [0.29, 0.717) is 11.3 Å². The van der Waals surface area contributed by atoms with Crippen LogP contribution in [-0.4, -0.2) is 46.5 Å². The van der Waals surface area contributed by atoms with E-state index in [1.807, 2.05) is 6.07 Å². The van der Waals surface area contributed by atoms with Crippen LogP contribution < -0.4 is 15.1 Å². The lowest BCUT2D eigenvalue weighted by molar-refractivity contribution is -0.137. The van der Waals surface area contributed by atoms with Crippen molar-refractivity contribution in [2.75, 3.05) is 28.2 Å². The Morgan fingerprint density at radius 2 is 1.94 bits per heavy atom. The number of piperidine rings is 1. The minimum absolute atomic E-state index is 0.222. The summed E-state index contributed by atoms with van der Waals surface area (Å²) >= 11 is 0. The van der Waals surface area contributed by atoms with Gasteiger partial charge >= 0.3 is 6.18 Å². The zero-order chi connectivity index (χ0) is 22.6. The van der Waals surface area contributed by atoms with Gasteiger partial charge in [-0.05, 0) is 37.1 Å². The maximum absolute atomic E-state index is 13.2. The van der Waals surface area contributed by atoms with Gasteiger partial charge in [-0.3, -0.25) is 0 Å². The van der Waals surface area contributed by atoms with Crippen molar-refractivity contribution in [2.45, 2.75) is 37.5 Å². The first kappa shape index (κ1) is 20.2. The van der Waals surface area contributed by atoms with Crippen molar-refractivity contribution in [1.82, 2.24) is 15.0 Å². The van der Waals surface area contributed by atoms with Crippen molar-refractivity contribution in [2.24, 2.45) is 0 Å². The number of hydrogen-bond acceptors (Lipinski definition) is 7. The first-order chi connectivity index (χ1) is 16.0. The average molecular weight is 454 g/mol. The summed E-state index contributed by atoms with van der Waals surface area (Å²) in [6, 6.07) is 9.28. The number of halogens is 3. The normalized spacial score (nSPS) is 23.8. The van der Waals surface area contributed by atoms with Crippen molar-refractivity contribution in [3.8, 4) is 11.3 Å². The number of fused-ring (bicyclic) bond motifs is 4. The molecule has 0 amide bonds.